The fourth-order valence-electron chi connectivity index (χ4n) is 2.82. The van der Waals surface area contributed by atoms with Crippen LogP contribution in [-0.2, 0) is 9.53 Å². The number of nitrogens with zero attached hydrogens (tertiary/aromatic N) is 3. The summed E-state index contributed by atoms with van der Waals surface area (Å²) in [7, 11) is 0. The van der Waals surface area contributed by atoms with Gasteiger partial charge in [-0.05, 0) is 50.3 Å². The van der Waals surface area contributed by atoms with Crippen LogP contribution >= 0.6 is 11.6 Å². The van der Waals surface area contributed by atoms with Crippen LogP contribution in [0.5, 0.6) is 0 Å². The van der Waals surface area contributed by atoms with Crippen molar-refractivity contribution in [2.24, 2.45) is 4.99 Å². The maximum absolute atomic E-state index is 13.4. The summed E-state index contributed by atoms with van der Waals surface area (Å²) in [4.78, 5) is 16.4. The molecule has 140 valence electrons. The topological polar surface area (TPSA) is 56.5 Å². The van der Waals surface area contributed by atoms with E-state index < -0.39 is 11.8 Å². The Morgan fingerprint density at radius 1 is 1.14 bits per heavy atom. The number of hydrogen-bond donors (Lipinski definition) is 0. The number of cyclic esters (lactones) is 1. The number of rotatable bonds is 3. The van der Waals surface area contributed by atoms with Crippen LogP contribution < -0.4 is 0 Å². The van der Waals surface area contributed by atoms with Crippen LogP contribution in [0, 0.1) is 19.7 Å². The lowest BCUT2D eigenvalue weighted by Gasteiger charge is -2.03. The van der Waals surface area contributed by atoms with Gasteiger partial charge >= 0.3 is 5.97 Å². The van der Waals surface area contributed by atoms with Crippen molar-refractivity contribution >= 4 is 29.5 Å². The minimum absolute atomic E-state index is 0.0513. The number of halogens is 2. The van der Waals surface area contributed by atoms with Gasteiger partial charge < -0.3 is 4.74 Å². The van der Waals surface area contributed by atoms with E-state index in [9.17, 15) is 9.18 Å². The van der Waals surface area contributed by atoms with Crippen molar-refractivity contribution < 1.29 is 13.9 Å². The normalized spacial score (nSPS) is 15.1. The van der Waals surface area contributed by atoms with E-state index in [4.69, 9.17) is 16.3 Å². The Morgan fingerprint density at radius 2 is 1.89 bits per heavy atom. The van der Waals surface area contributed by atoms with Crippen molar-refractivity contribution in [3.8, 4) is 5.69 Å². The fraction of sp³-hybridized carbons (Fsp3) is 0.0952. The summed E-state index contributed by atoms with van der Waals surface area (Å²) in [6.07, 6.45) is 1.53. The molecule has 0 radical (unpaired) electrons. The molecule has 3 aromatic rings. The van der Waals surface area contributed by atoms with Crippen LogP contribution in [0.25, 0.3) is 11.8 Å². The lowest BCUT2D eigenvalue weighted by Crippen LogP contribution is -2.05. The SMILES string of the molecule is Cc1ccc(-n2nc(C)c(/C=C3\N=C(c4cccc(F)c4)OC3=O)c2Cl)cc1. The van der Waals surface area contributed by atoms with E-state index in [2.05, 4.69) is 10.1 Å². The zero-order valence-corrected chi connectivity index (χ0v) is 15.9. The van der Waals surface area contributed by atoms with Gasteiger partial charge in [-0.15, -0.1) is 0 Å². The lowest BCUT2D eigenvalue weighted by molar-refractivity contribution is -0.129. The van der Waals surface area contributed by atoms with Crippen molar-refractivity contribution in [3.05, 3.63) is 87.6 Å². The maximum atomic E-state index is 13.4. The lowest BCUT2D eigenvalue weighted by atomic mass is 10.2. The monoisotopic (exact) mass is 395 g/mol. The molecule has 0 N–H and O–H groups in total. The Hall–Kier alpha value is -3.25. The molecule has 4 rings (SSSR count). The van der Waals surface area contributed by atoms with Crippen molar-refractivity contribution in [3.63, 3.8) is 0 Å². The molecule has 28 heavy (non-hydrogen) atoms. The number of carbonyl (C=O) groups excluding carboxylic acids is 1. The molecule has 2 aromatic carbocycles. The molecule has 0 bridgehead atoms. The minimum Gasteiger partial charge on any atom is -0.402 e. The molecule has 0 amide bonds. The Balaban J connectivity index is 1.73. The van der Waals surface area contributed by atoms with E-state index in [0.29, 0.717) is 22.0 Å². The zero-order chi connectivity index (χ0) is 19.8. The Kier molecular flexibility index (Phi) is 4.57. The van der Waals surface area contributed by atoms with E-state index in [1.54, 1.807) is 17.7 Å². The number of esters is 1. The molecular weight excluding hydrogens is 381 g/mol. The van der Waals surface area contributed by atoms with Gasteiger partial charge in [0, 0.05) is 11.1 Å². The first-order valence-electron chi connectivity index (χ1n) is 8.53. The van der Waals surface area contributed by atoms with Crippen molar-refractivity contribution in [2.45, 2.75) is 13.8 Å². The highest BCUT2D eigenvalue weighted by Crippen LogP contribution is 2.28. The van der Waals surface area contributed by atoms with Gasteiger partial charge in [0.25, 0.3) is 0 Å². The van der Waals surface area contributed by atoms with Crippen LogP contribution in [0.2, 0.25) is 5.15 Å². The Labute approximate surface area is 165 Å². The molecule has 0 fully saturated rings. The third kappa shape index (κ3) is 3.34. The first kappa shape index (κ1) is 18.1. The van der Waals surface area contributed by atoms with Crippen LogP contribution in [0.3, 0.4) is 0 Å². The summed E-state index contributed by atoms with van der Waals surface area (Å²) < 4.78 is 20.2. The van der Waals surface area contributed by atoms with E-state index in [1.807, 2.05) is 31.2 Å². The predicted octanol–water partition coefficient (Wildman–Crippen LogP) is 4.63. The molecule has 0 atom stereocenters. The van der Waals surface area contributed by atoms with Gasteiger partial charge in [0.15, 0.2) is 5.70 Å². The number of ether oxygens (including phenoxy) is 1. The molecule has 1 aliphatic rings. The van der Waals surface area contributed by atoms with Gasteiger partial charge in [0.2, 0.25) is 5.90 Å². The van der Waals surface area contributed by atoms with E-state index in [-0.39, 0.29) is 11.6 Å². The van der Waals surface area contributed by atoms with Crippen LogP contribution in [0.15, 0.2) is 59.2 Å². The highest BCUT2D eigenvalue weighted by Gasteiger charge is 2.26. The quantitative estimate of drug-likeness (QED) is 0.480. The third-order valence-corrected chi connectivity index (χ3v) is 4.66. The number of aliphatic imine (C=N–C) groups is 1. The molecule has 0 saturated carbocycles. The largest absolute Gasteiger partial charge is 0.402 e. The van der Waals surface area contributed by atoms with Crippen molar-refractivity contribution in [1.29, 1.82) is 0 Å². The first-order chi connectivity index (χ1) is 13.4. The molecule has 0 unspecified atom stereocenters. The van der Waals surface area contributed by atoms with Gasteiger partial charge in [0.1, 0.15) is 11.0 Å². The molecule has 0 spiro atoms. The maximum Gasteiger partial charge on any atom is 0.363 e. The summed E-state index contributed by atoms with van der Waals surface area (Å²) in [5, 5.41) is 4.81. The molecule has 5 nitrogen and oxygen atoms in total. The molecule has 1 aliphatic heterocycles. The Bertz CT molecular complexity index is 1150. The van der Waals surface area contributed by atoms with Crippen LogP contribution in [-0.4, -0.2) is 21.6 Å². The molecule has 7 heteroatoms. The summed E-state index contributed by atoms with van der Waals surface area (Å²) >= 11 is 6.51. The summed E-state index contributed by atoms with van der Waals surface area (Å²) in [6.45, 7) is 3.79. The third-order valence-electron chi connectivity index (χ3n) is 4.30. The smallest absolute Gasteiger partial charge is 0.363 e. The minimum atomic E-state index is -0.627. The molecule has 1 aromatic heterocycles. The average molecular weight is 396 g/mol. The van der Waals surface area contributed by atoms with Crippen molar-refractivity contribution in [1.82, 2.24) is 9.78 Å². The second-order valence-electron chi connectivity index (χ2n) is 6.38. The van der Waals surface area contributed by atoms with Crippen LogP contribution in [0.1, 0.15) is 22.4 Å². The van der Waals surface area contributed by atoms with Crippen LogP contribution in [0.4, 0.5) is 4.39 Å². The number of hydrogen-bond acceptors (Lipinski definition) is 4. The number of aryl methyl sites for hydroxylation is 2. The predicted molar refractivity (Wildman–Crippen MR) is 105 cm³/mol. The van der Waals surface area contributed by atoms with E-state index in [0.717, 1.165) is 11.3 Å². The summed E-state index contributed by atoms with van der Waals surface area (Å²) in [5.74, 6) is -1.01. The molecule has 0 saturated heterocycles. The van der Waals surface area contributed by atoms with Gasteiger partial charge in [0.05, 0.1) is 11.4 Å². The second-order valence-corrected chi connectivity index (χ2v) is 6.74. The Morgan fingerprint density at radius 3 is 2.61 bits per heavy atom. The molecule has 0 aliphatic carbocycles. The average Bonchev–Trinajstić information content (AvgIpc) is 3.17. The number of benzene rings is 2. The first-order valence-corrected chi connectivity index (χ1v) is 8.91. The highest BCUT2D eigenvalue weighted by molar-refractivity contribution is 6.31. The molecule has 2 heterocycles. The van der Waals surface area contributed by atoms with Gasteiger partial charge in [-0.1, -0.05) is 35.4 Å². The standard InChI is InChI=1S/C21H15ClFN3O2/c1-12-6-8-16(9-7-12)26-19(22)17(13(2)25-26)11-18-21(27)28-20(24-18)14-4-3-5-15(23)10-14/h3-11H,1-2H3/b18-11-. The van der Waals surface area contributed by atoms with Gasteiger partial charge in [-0.3, -0.25) is 0 Å². The zero-order valence-electron chi connectivity index (χ0n) is 15.1. The summed E-state index contributed by atoms with van der Waals surface area (Å²) in [5.41, 5.74) is 3.60. The van der Waals surface area contributed by atoms with Crippen molar-refractivity contribution in [2.75, 3.05) is 0 Å². The van der Waals surface area contributed by atoms with E-state index >= 15 is 0 Å². The summed E-state index contributed by atoms with van der Waals surface area (Å²) in [6, 6.07) is 13.4. The van der Waals surface area contributed by atoms with Gasteiger partial charge in [-0.2, -0.15) is 5.10 Å². The fourth-order valence-corrected chi connectivity index (χ4v) is 3.15. The van der Waals surface area contributed by atoms with Gasteiger partial charge in [-0.25, -0.2) is 18.9 Å². The van der Waals surface area contributed by atoms with E-state index in [1.165, 1.54) is 24.3 Å². The molecular formula is C21H15ClFN3O2. The highest BCUT2D eigenvalue weighted by atomic mass is 35.5. The number of carbonyl (C=O) groups is 1. The second kappa shape index (κ2) is 7.05. The number of aromatic nitrogens is 2.